The lowest BCUT2D eigenvalue weighted by Crippen LogP contribution is -2.54. The van der Waals surface area contributed by atoms with Crippen molar-refractivity contribution in [3.8, 4) is 0 Å². The van der Waals surface area contributed by atoms with Gasteiger partial charge in [0.25, 0.3) is 0 Å². The molecule has 27 heavy (non-hydrogen) atoms. The van der Waals surface area contributed by atoms with Gasteiger partial charge in [-0.25, -0.2) is 0 Å². The smallest absolute Gasteiger partial charge is 0.318 e. The first-order chi connectivity index (χ1) is 12.9. The Morgan fingerprint density at radius 2 is 1.96 bits per heavy atom. The average molecular weight is 381 g/mol. The zero-order valence-corrected chi connectivity index (χ0v) is 15.9. The minimum Gasteiger partial charge on any atom is -0.481 e. The van der Waals surface area contributed by atoms with Crippen LogP contribution in [0.15, 0.2) is 11.8 Å². The molecule has 1 fully saturated rings. The van der Waals surface area contributed by atoms with Crippen LogP contribution in [0.5, 0.6) is 0 Å². The molecule has 1 N–H and O–H groups in total. The van der Waals surface area contributed by atoms with Crippen molar-refractivity contribution in [1.29, 1.82) is 0 Å². The van der Waals surface area contributed by atoms with Gasteiger partial charge in [-0.2, -0.15) is 0 Å². The maximum absolute atomic E-state index is 13.0. The number of carbonyl (C=O) groups is 4. The highest BCUT2D eigenvalue weighted by molar-refractivity contribution is 5.91. The van der Waals surface area contributed by atoms with Crippen molar-refractivity contribution >= 4 is 23.8 Å². The molecule has 0 aromatic carbocycles. The van der Waals surface area contributed by atoms with E-state index in [1.807, 2.05) is 6.08 Å². The van der Waals surface area contributed by atoms with Crippen molar-refractivity contribution in [2.24, 2.45) is 11.3 Å². The first-order valence-corrected chi connectivity index (χ1v) is 9.42. The second-order valence-corrected chi connectivity index (χ2v) is 6.83. The number of carbonyl (C=O) groups excluding carboxylic acids is 3. The third-order valence-corrected chi connectivity index (χ3v) is 5.06. The van der Waals surface area contributed by atoms with Gasteiger partial charge in [0, 0.05) is 18.7 Å². The Morgan fingerprint density at radius 1 is 1.26 bits per heavy atom. The van der Waals surface area contributed by atoms with Crippen molar-refractivity contribution in [2.75, 3.05) is 19.8 Å². The fourth-order valence-electron chi connectivity index (χ4n) is 3.94. The van der Waals surface area contributed by atoms with Gasteiger partial charge in [0.1, 0.15) is 5.41 Å². The lowest BCUT2D eigenvalue weighted by atomic mass is 9.67. The van der Waals surface area contributed by atoms with E-state index in [0.29, 0.717) is 18.7 Å². The average Bonchev–Trinajstić information content (AvgIpc) is 2.63. The number of aliphatic carboxylic acids is 1. The number of amides is 1. The highest BCUT2D eigenvalue weighted by Crippen LogP contribution is 2.48. The van der Waals surface area contributed by atoms with Crippen molar-refractivity contribution in [2.45, 2.75) is 52.4 Å². The molecular weight excluding hydrogens is 354 g/mol. The highest BCUT2D eigenvalue weighted by Gasteiger charge is 2.54. The maximum atomic E-state index is 13.0. The molecule has 1 amide bonds. The monoisotopic (exact) mass is 381 g/mol. The number of hydrogen-bond acceptors (Lipinski definition) is 6. The summed E-state index contributed by atoms with van der Waals surface area (Å²) in [6.45, 7) is 4.21. The van der Waals surface area contributed by atoms with E-state index in [4.69, 9.17) is 9.47 Å². The molecule has 0 aromatic heterocycles. The Hall–Kier alpha value is -2.38. The van der Waals surface area contributed by atoms with Crippen molar-refractivity contribution in [1.82, 2.24) is 4.90 Å². The predicted octanol–water partition coefficient (Wildman–Crippen LogP) is 1.88. The molecule has 2 aliphatic heterocycles. The number of allylic oxidation sites excluding steroid dienone is 1. The molecule has 0 radical (unpaired) electrons. The standard InChI is InChI=1S/C19H27NO7/c1-3-26-16(23)8-9-19(18(25)27-4-2)12-13(11-15(21)22)17(24)20-10-6-5-7-14(19)20/h7,13H,3-6,8-12H2,1-2H3,(H,21,22)/t13-,19-/m0/s1. The number of esters is 2. The Kier molecular flexibility index (Phi) is 6.98. The molecule has 150 valence electrons. The van der Waals surface area contributed by atoms with Crippen LogP contribution in [0.2, 0.25) is 0 Å². The minimum atomic E-state index is -1.21. The summed E-state index contributed by atoms with van der Waals surface area (Å²) in [5.41, 5.74) is -0.667. The second kappa shape index (κ2) is 9.01. The molecule has 1 saturated heterocycles. The molecule has 0 unspecified atom stereocenters. The van der Waals surface area contributed by atoms with Crippen LogP contribution in [-0.4, -0.2) is 53.6 Å². The molecule has 0 aliphatic carbocycles. The number of nitrogens with zero attached hydrogens (tertiary/aromatic N) is 1. The van der Waals surface area contributed by atoms with E-state index in [-0.39, 0.29) is 44.8 Å². The van der Waals surface area contributed by atoms with Gasteiger partial charge in [-0.05, 0) is 39.5 Å². The molecule has 2 heterocycles. The van der Waals surface area contributed by atoms with Gasteiger partial charge in [0.2, 0.25) is 5.91 Å². The van der Waals surface area contributed by atoms with Crippen LogP contribution in [0.4, 0.5) is 0 Å². The van der Waals surface area contributed by atoms with Gasteiger partial charge in [0.15, 0.2) is 0 Å². The summed E-state index contributed by atoms with van der Waals surface area (Å²) in [4.78, 5) is 50.5. The van der Waals surface area contributed by atoms with E-state index >= 15 is 0 Å². The minimum absolute atomic E-state index is 0.00812. The second-order valence-electron chi connectivity index (χ2n) is 6.83. The van der Waals surface area contributed by atoms with Crippen LogP contribution in [-0.2, 0) is 28.7 Å². The number of piperidine rings is 1. The summed E-state index contributed by atoms with van der Waals surface area (Å²) >= 11 is 0. The number of hydrogen-bond donors (Lipinski definition) is 1. The van der Waals surface area contributed by atoms with Crippen LogP contribution in [0.1, 0.15) is 52.4 Å². The molecule has 0 spiro atoms. The zero-order valence-electron chi connectivity index (χ0n) is 15.9. The fraction of sp³-hybridized carbons (Fsp3) is 0.684. The van der Waals surface area contributed by atoms with Gasteiger partial charge < -0.3 is 19.5 Å². The first-order valence-electron chi connectivity index (χ1n) is 9.42. The first kappa shape index (κ1) is 20.9. The molecule has 0 bridgehead atoms. The van der Waals surface area contributed by atoms with Gasteiger partial charge >= 0.3 is 17.9 Å². The molecule has 8 nitrogen and oxygen atoms in total. The highest BCUT2D eigenvalue weighted by atomic mass is 16.5. The Balaban J connectivity index is 2.43. The molecule has 2 atom stereocenters. The van der Waals surface area contributed by atoms with Crippen LogP contribution in [0, 0.1) is 11.3 Å². The van der Waals surface area contributed by atoms with E-state index in [0.717, 1.165) is 6.42 Å². The third-order valence-electron chi connectivity index (χ3n) is 5.06. The molecule has 2 aliphatic rings. The summed E-state index contributed by atoms with van der Waals surface area (Å²) in [6, 6.07) is 0. The van der Waals surface area contributed by atoms with Crippen LogP contribution < -0.4 is 0 Å². The zero-order chi connectivity index (χ0) is 20.0. The van der Waals surface area contributed by atoms with E-state index < -0.39 is 29.2 Å². The Morgan fingerprint density at radius 3 is 2.59 bits per heavy atom. The largest absolute Gasteiger partial charge is 0.481 e. The molecule has 0 saturated carbocycles. The van der Waals surface area contributed by atoms with Crippen LogP contribution in [0.3, 0.4) is 0 Å². The Labute approximate surface area is 158 Å². The SMILES string of the molecule is CCOC(=O)CC[C@]1(C(=O)OCC)C[C@H](CC(=O)O)C(=O)N2CCCC=C21. The normalized spacial score (nSPS) is 24.7. The fourth-order valence-corrected chi connectivity index (χ4v) is 3.94. The summed E-state index contributed by atoms with van der Waals surface area (Å²) in [7, 11) is 0. The summed E-state index contributed by atoms with van der Waals surface area (Å²) in [6.07, 6.45) is 3.08. The number of rotatable bonds is 8. The predicted molar refractivity (Wildman–Crippen MR) is 94.3 cm³/mol. The van der Waals surface area contributed by atoms with Crippen molar-refractivity contribution in [3.63, 3.8) is 0 Å². The Bertz CT molecular complexity index is 642. The summed E-state index contributed by atoms with van der Waals surface area (Å²) in [5.74, 6) is -3.16. The summed E-state index contributed by atoms with van der Waals surface area (Å²) in [5, 5.41) is 9.20. The van der Waals surface area contributed by atoms with Crippen molar-refractivity contribution < 1.29 is 33.8 Å². The lowest BCUT2D eigenvalue weighted by Gasteiger charge is -2.47. The summed E-state index contributed by atoms with van der Waals surface area (Å²) < 4.78 is 10.3. The van der Waals surface area contributed by atoms with Crippen LogP contribution in [0.25, 0.3) is 0 Å². The molecule has 8 heteroatoms. The van der Waals surface area contributed by atoms with Gasteiger partial charge in [0.05, 0.1) is 25.6 Å². The van der Waals surface area contributed by atoms with Crippen molar-refractivity contribution in [3.05, 3.63) is 11.8 Å². The van der Waals surface area contributed by atoms with Gasteiger partial charge in [-0.15, -0.1) is 0 Å². The van der Waals surface area contributed by atoms with Gasteiger partial charge in [-0.3, -0.25) is 19.2 Å². The number of ether oxygens (including phenoxy) is 2. The lowest BCUT2D eigenvalue weighted by molar-refractivity contribution is -0.163. The quantitative estimate of drug-likeness (QED) is 0.639. The third kappa shape index (κ3) is 4.48. The number of carboxylic acid groups (broad SMARTS) is 1. The molecular formula is C19H27NO7. The number of fused-ring (bicyclic) bond motifs is 1. The van der Waals surface area contributed by atoms with Crippen LogP contribution >= 0.6 is 0 Å². The van der Waals surface area contributed by atoms with E-state index in [2.05, 4.69) is 0 Å². The molecule has 0 aromatic rings. The van der Waals surface area contributed by atoms with E-state index in [9.17, 15) is 24.3 Å². The topological polar surface area (TPSA) is 110 Å². The maximum Gasteiger partial charge on any atom is 0.318 e. The van der Waals surface area contributed by atoms with E-state index in [1.165, 1.54) is 4.90 Å². The molecule has 2 rings (SSSR count). The van der Waals surface area contributed by atoms with Gasteiger partial charge in [-0.1, -0.05) is 6.08 Å². The van der Waals surface area contributed by atoms with E-state index in [1.54, 1.807) is 13.8 Å². The number of carboxylic acids is 1.